The van der Waals surface area contributed by atoms with Crippen LogP contribution in [0.3, 0.4) is 0 Å². The van der Waals surface area contributed by atoms with Gasteiger partial charge in [0, 0.05) is 24.4 Å². The van der Waals surface area contributed by atoms with Crippen molar-refractivity contribution in [2.45, 2.75) is 45.1 Å². The van der Waals surface area contributed by atoms with E-state index in [1.807, 2.05) is 32.9 Å². The molecule has 0 aliphatic carbocycles. The van der Waals surface area contributed by atoms with Crippen LogP contribution < -0.4 is 5.73 Å². The molecule has 4 rings (SSSR count). The van der Waals surface area contributed by atoms with Gasteiger partial charge in [-0.3, -0.25) is 0 Å². The van der Waals surface area contributed by atoms with Gasteiger partial charge in [-0.15, -0.1) is 11.3 Å². The second-order valence-corrected chi connectivity index (χ2v) is 8.86. The second kappa shape index (κ2) is 7.05. The van der Waals surface area contributed by atoms with E-state index in [9.17, 15) is 4.79 Å². The van der Waals surface area contributed by atoms with E-state index in [4.69, 9.17) is 15.5 Å². The van der Waals surface area contributed by atoms with Crippen molar-refractivity contribution >= 4 is 28.8 Å². The summed E-state index contributed by atoms with van der Waals surface area (Å²) in [5, 5.41) is 7.44. The lowest BCUT2D eigenvalue weighted by molar-refractivity contribution is 0.0205. The normalized spacial score (nSPS) is 15.9. The predicted octanol–water partition coefficient (Wildman–Crippen LogP) is 3.55. The summed E-state index contributed by atoms with van der Waals surface area (Å²) in [6, 6.07) is 3.87. The van der Waals surface area contributed by atoms with Crippen molar-refractivity contribution in [1.82, 2.24) is 24.5 Å². The molecule has 0 bridgehead atoms. The number of fused-ring (bicyclic) bond motifs is 1. The van der Waals surface area contributed by atoms with Gasteiger partial charge in [-0.2, -0.15) is 5.10 Å². The summed E-state index contributed by atoms with van der Waals surface area (Å²) in [4.78, 5) is 22.9. The Bertz CT molecular complexity index is 997. The summed E-state index contributed by atoms with van der Waals surface area (Å²) in [7, 11) is 0. The van der Waals surface area contributed by atoms with Gasteiger partial charge in [0.15, 0.2) is 5.82 Å². The Labute approximate surface area is 167 Å². The number of piperidine rings is 1. The van der Waals surface area contributed by atoms with E-state index in [0.717, 1.165) is 34.8 Å². The molecule has 0 spiro atoms. The predicted molar refractivity (Wildman–Crippen MR) is 108 cm³/mol. The topological polar surface area (TPSA) is 98.6 Å². The molecule has 2 N–H and O–H groups in total. The van der Waals surface area contributed by atoms with E-state index in [0.29, 0.717) is 24.8 Å². The fourth-order valence-corrected chi connectivity index (χ4v) is 4.36. The van der Waals surface area contributed by atoms with E-state index in [-0.39, 0.29) is 6.09 Å². The largest absolute Gasteiger partial charge is 0.444 e. The Morgan fingerprint density at radius 1 is 1.29 bits per heavy atom. The first-order valence-electron chi connectivity index (χ1n) is 9.34. The number of likely N-dealkylation sites (tertiary alicyclic amines) is 1. The number of carbonyl (C=O) groups excluding carboxylic acids is 1. The molecule has 1 saturated heterocycles. The lowest BCUT2D eigenvalue weighted by Crippen LogP contribution is -2.41. The van der Waals surface area contributed by atoms with E-state index in [1.165, 1.54) is 6.33 Å². The van der Waals surface area contributed by atoms with Gasteiger partial charge in [-0.1, -0.05) is 0 Å². The highest BCUT2D eigenvalue weighted by atomic mass is 32.1. The zero-order valence-electron chi connectivity index (χ0n) is 16.3. The molecule has 0 saturated carbocycles. The SMILES string of the molecule is CC(C)(C)OC(=O)N1CCC(c2nc(-c3ccc4c(N)ncnn34)cs2)CC1. The number of carbonyl (C=O) groups is 1. The number of nitrogens with two attached hydrogens (primary N) is 1. The van der Waals surface area contributed by atoms with Gasteiger partial charge >= 0.3 is 6.09 Å². The molecule has 0 aromatic carbocycles. The van der Waals surface area contributed by atoms with E-state index < -0.39 is 5.60 Å². The number of thiazole rings is 1. The van der Waals surface area contributed by atoms with Gasteiger partial charge in [0.2, 0.25) is 0 Å². The number of nitrogen functional groups attached to an aromatic ring is 1. The number of anilines is 1. The molecular formula is C19H24N6O2S. The van der Waals surface area contributed by atoms with Gasteiger partial charge in [-0.05, 0) is 45.7 Å². The molecule has 0 atom stereocenters. The first kappa shape index (κ1) is 18.7. The molecule has 3 aromatic heterocycles. The van der Waals surface area contributed by atoms with Crippen LogP contribution in [0.5, 0.6) is 0 Å². The summed E-state index contributed by atoms with van der Waals surface area (Å²) in [6.45, 7) is 7.04. The minimum absolute atomic E-state index is 0.234. The highest BCUT2D eigenvalue weighted by Crippen LogP contribution is 2.33. The van der Waals surface area contributed by atoms with Crippen molar-refractivity contribution in [1.29, 1.82) is 0 Å². The maximum Gasteiger partial charge on any atom is 0.410 e. The van der Waals surface area contributed by atoms with Crippen LogP contribution in [-0.4, -0.2) is 49.3 Å². The number of rotatable bonds is 2. The first-order valence-corrected chi connectivity index (χ1v) is 10.2. The lowest BCUT2D eigenvalue weighted by atomic mass is 9.98. The van der Waals surface area contributed by atoms with Crippen molar-refractivity contribution in [3.8, 4) is 11.4 Å². The van der Waals surface area contributed by atoms with Crippen LogP contribution in [0.1, 0.15) is 44.5 Å². The Morgan fingerprint density at radius 2 is 2.04 bits per heavy atom. The van der Waals surface area contributed by atoms with Gasteiger partial charge in [0.1, 0.15) is 17.4 Å². The highest BCUT2D eigenvalue weighted by Gasteiger charge is 2.29. The summed E-state index contributed by atoms with van der Waals surface area (Å²) >= 11 is 1.65. The van der Waals surface area contributed by atoms with Gasteiger partial charge in [0.25, 0.3) is 0 Å². The van der Waals surface area contributed by atoms with Crippen molar-refractivity contribution in [2.75, 3.05) is 18.8 Å². The Morgan fingerprint density at radius 3 is 2.75 bits per heavy atom. The minimum Gasteiger partial charge on any atom is -0.444 e. The fourth-order valence-electron chi connectivity index (χ4n) is 3.38. The van der Waals surface area contributed by atoms with Crippen LogP contribution in [0, 0.1) is 0 Å². The third-order valence-electron chi connectivity index (χ3n) is 4.76. The summed E-state index contributed by atoms with van der Waals surface area (Å²) in [5.74, 6) is 0.801. The molecule has 4 heterocycles. The first-order chi connectivity index (χ1) is 13.3. The third kappa shape index (κ3) is 3.66. The number of hydrogen-bond acceptors (Lipinski definition) is 7. The minimum atomic E-state index is -0.467. The Balaban J connectivity index is 1.46. The van der Waals surface area contributed by atoms with Crippen LogP contribution >= 0.6 is 11.3 Å². The molecule has 3 aromatic rings. The Kier molecular flexibility index (Phi) is 4.70. The monoisotopic (exact) mass is 400 g/mol. The average molecular weight is 401 g/mol. The van der Waals surface area contributed by atoms with Crippen LogP contribution in [-0.2, 0) is 4.74 Å². The van der Waals surface area contributed by atoms with Crippen LogP contribution in [0.15, 0.2) is 23.8 Å². The van der Waals surface area contributed by atoms with Crippen molar-refractivity contribution in [2.24, 2.45) is 0 Å². The van der Waals surface area contributed by atoms with Crippen molar-refractivity contribution in [3.63, 3.8) is 0 Å². The number of amides is 1. The zero-order valence-corrected chi connectivity index (χ0v) is 17.1. The zero-order chi connectivity index (χ0) is 19.9. The number of nitrogens with zero attached hydrogens (tertiary/aromatic N) is 5. The standard InChI is InChI=1S/C19H24N6O2S/c1-19(2,3)27-18(26)24-8-6-12(7-9-24)17-23-13(10-28-17)14-4-5-15-16(20)21-11-22-25(14)15/h4-5,10-12H,6-9H2,1-3H3,(H2,20,21,22). The van der Waals surface area contributed by atoms with E-state index >= 15 is 0 Å². The number of aromatic nitrogens is 4. The number of hydrogen-bond donors (Lipinski definition) is 1. The molecule has 8 nitrogen and oxygen atoms in total. The van der Waals surface area contributed by atoms with Crippen molar-refractivity contribution < 1.29 is 9.53 Å². The molecule has 9 heteroatoms. The maximum absolute atomic E-state index is 12.2. The fraction of sp³-hybridized carbons (Fsp3) is 0.474. The van der Waals surface area contributed by atoms with Crippen LogP contribution in [0.25, 0.3) is 16.9 Å². The summed E-state index contributed by atoms with van der Waals surface area (Å²) in [6.07, 6.45) is 2.99. The molecule has 0 radical (unpaired) electrons. The Hall–Kier alpha value is -2.68. The smallest absolute Gasteiger partial charge is 0.410 e. The second-order valence-electron chi connectivity index (χ2n) is 7.97. The molecule has 28 heavy (non-hydrogen) atoms. The molecular weight excluding hydrogens is 376 g/mol. The summed E-state index contributed by atoms with van der Waals surface area (Å²) in [5.41, 5.74) is 8.00. The maximum atomic E-state index is 12.2. The molecule has 1 aliphatic rings. The van der Waals surface area contributed by atoms with Crippen molar-refractivity contribution in [3.05, 3.63) is 28.8 Å². The molecule has 1 aliphatic heterocycles. The molecule has 148 valence electrons. The van der Waals surface area contributed by atoms with E-state index in [2.05, 4.69) is 15.5 Å². The quantitative estimate of drug-likeness (QED) is 0.706. The lowest BCUT2D eigenvalue weighted by Gasteiger charge is -2.32. The molecule has 1 fully saturated rings. The van der Waals surface area contributed by atoms with Gasteiger partial charge < -0.3 is 15.4 Å². The highest BCUT2D eigenvalue weighted by molar-refractivity contribution is 7.10. The van der Waals surface area contributed by atoms with Crippen LogP contribution in [0.2, 0.25) is 0 Å². The van der Waals surface area contributed by atoms with E-state index in [1.54, 1.807) is 20.8 Å². The third-order valence-corrected chi connectivity index (χ3v) is 5.77. The summed E-state index contributed by atoms with van der Waals surface area (Å²) < 4.78 is 7.24. The molecule has 0 unspecified atom stereocenters. The number of ether oxygens (including phenoxy) is 1. The van der Waals surface area contributed by atoms with Crippen LogP contribution in [0.4, 0.5) is 10.6 Å². The van der Waals surface area contributed by atoms with Gasteiger partial charge in [0.05, 0.1) is 16.4 Å². The molecule has 1 amide bonds. The van der Waals surface area contributed by atoms with Gasteiger partial charge in [-0.25, -0.2) is 19.3 Å². The average Bonchev–Trinajstić information content (AvgIpc) is 3.28.